The van der Waals surface area contributed by atoms with E-state index in [-0.39, 0.29) is 0 Å². The number of hydrogen-bond acceptors (Lipinski definition) is 8. The summed E-state index contributed by atoms with van der Waals surface area (Å²) in [7, 11) is 3.22. The predicted molar refractivity (Wildman–Crippen MR) is 110 cm³/mol. The second kappa shape index (κ2) is 8.14. The Labute approximate surface area is 168 Å². The summed E-state index contributed by atoms with van der Waals surface area (Å²) in [6, 6.07) is 13.1. The van der Waals surface area contributed by atoms with E-state index in [0.29, 0.717) is 42.2 Å². The minimum absolute atomic E-state index is 0.452. The zero-order valence-corrected chi connectivity index (χ0v) is 16.5. The van der Waals surface area contributed by atoms with Crippen molar-refractivity contribution in [3.8, 4) is 23.0 Å². The smallest absolute Gasteiger partial charge is 0.229 e. The van der Waals surface area contributed by atoms with Crippen molar-refractivity contribution < 1.29 is 18.9 Å². The lowest BCUT2D eigenvalue weighted by atomic mass is 10.2. The molecule has 0 unspecified atom stereocenters. The molecule has 2 N–H and O–H groups in total. The fourth-order valence-electron chi connectivity index (χ4n) is 2.98. The third-order valence-corrected chi connectivity index (χ3v) is 4.32. The molecule has 0 spiro atoms. The van der Waals surface area contributed by atoms with Crippen LogP contribution in [-0.2, 0) is 0 Å². The topological polar surface area (TPSA) is 86.8 Å². The minimum Gasteiger partial charge on any atom is -0.497 e. The molecule has 1 aliphatic rings. The van der Waals surface area contributed by atoms with Crippen molar-refractivity contribution in [3.05, 3.63) is 48.2 Å². The number of ether oxygens (including phenoxy) is 4. The zero-order chi connectivity index (χ0) is 20.2. The van der Waals surface area contributed by atoms with Crippen LogP contribution in [0, 0.1) is 6.92 Å². The first kappa shape index (κ1) is 18.7. The maximum Gasteiger partial charge on any atom is 0.229 e. The van der Waals surface area contributed by atoms with Gasteiger partial charge in [-0.15, -0.1) is 0 Å². The van der Waals surface area contributed by atoms with Crippen molar-refractivity contribution in [2.24, 2.45) is 0 Å². The molecule has 8 nitrogen and oxygen atoms in total. The van der Waals surface area contributed by atoms with Crippen molar-refractivity contribution in [1.82, 2.24) is 9.97 Å². The van der Waals surface area contributed by atoms with Gasteiger partial charge in [0.1, 0.15) is 30.5 Å². The molecule has 0 aliphatic carbocycles. The molecule has 0 fully saturated rings. The molecule has 0 atom stereocenters. The van der Waals surface area contributed by atoms with Gasteiger partial charge in [0, 0.05) is 29.6 Å². The highest BCUT2D eigenvalue weighted by atomic mass is 16.6. The van der Waals surface area contributed by atoms with Crippen molar-refractivity contribution in [2.45, 2.75) is 6.92 Å². The van der Waals surface area contributed by atoms with Crippen LogP contribution in [-0.4, -0.2) is 37.4 Å². The quantitative estimate of drug-likeness (QED) is 0.647. The van der Waals surface area contributed by atoms with Gasteiger partial charge in [0.25, 0.3) is 0 Å². The standard InChI is InChI=1S/C21H22N4O4/c1-13-10-20(23-14-4-7-17-19(11-14)29-9-8-28-17)25-21(22-13)24-16-6-5-15(26-2)12-18(16)27-3/h4-7,10-12H,8-9H2,1-3H3,(H2,22,23,24,25). The molecule has 2 heterocycles. The van der Waals surface area contributed by atoms with Crippen LogP contribution in [0.5, 0.6) is 23.0 Å². The molecule has 150 valence electrons. The normalized spacial score (nSPS) is 12.2. The number of nitrogens with one attached hydrogen (secondary N) is 2. The largest absolute Gasteiger partial charge is 0.497 e. The van der Waals surface area contributed by atoms with Gasteiger partial charge in [-0.05, 0) is 31.2 Å². The van der Waals surface area contributed by atoms with Gasteiger partial charge < -0.3 is 29.6 Å². The summed E-state index contributed by atoms with van der Waals surface area (Å²) in [4.78, 5) is 9.03. The Morgan fingerprint density at radius 2 is 1.69 bits per heavy atom. The number of hydrogen-bond donors (Lipinski definition) is 2. The number of fused-ring (bicyclic) bond motifs is 1. The first-order valence-corrected chi connectivity index (χ1v) is 9.16. The van der Waals surface area contributed by atoms with E-state index >= 15 is 0 Å². The minimum atomic E-state index is 0.452. The van der Waals surface area contributed by atoms with E-state index in [9.17, 15) is 0 Å². The van der Waals surface area contributed by atoms with Gasteiger partial charge in [0.15, 0.2) is 11.5 Å². The third-order valence-electron chi connectivity index (χ3n) is 4.32. The first-order valence-electron chi connectivity index (χ1n) is 9.16. The van der Waals surface area contributed by atoms with Gasteiger partial charge in [-0.3, -0.25) is 0 Å². The molecule has 8 heteroatoms. The molecule has 0 bridgehead atoms. The number of benzene rings is 2. The Bertz CT molecular complexity index is 1030. The lowest BCUT2D eigenvalue weighted by molar-refractivity contribution is 0.171. The SMILES string of the molecule is COc1ccc(Nc2nc(C)cc(Nc3ccc4c(c3)OCCO4)n2)c(OC)c1. The summed E-state index contributed by atoms with van der Waals surface area (Å²) >= 11 is 0. The molecule has 1 aliphatic heterocycles. The average Bonchev–Trinajstić information content (AvgIpc) is 2.73. The van der Waals surface area contributed by atoms with Crippen LogP contribution in [0.15, 0.2) is 42.5 Å². The molecular formula is C21H22N4O4. The second-order valence-electron chi connectivity index (χ2n) is 6.39. The summed E-state index contributed by atoms with van der Waals surface area (Å²) in [6.45, 7) is 3.02. The molecule has 3 aromatic rings. The molecule has 0 amide bonds. The lowest BCUT2D eigenvalue weighted by Gasteiger charge is -2.19. The highest BCUT2D eigenvalue weighted by Crippen LogP contribution is 2.34. The maximum absolute atomic E-state index is 5.64. The number of aryl methyl sites for hydroxylation is 1. The lowest BCUT2D eigenvalue weighted by Crippen LogP contribution is -2.15. The van der Waals surface area contributed by atoms with Gasteiger partial charge in [0.05, 0.1) is 19.9 Å². The summed E-state index contributed by atoms with van der Waals surface area (Å²) < 4.78 is 21.9. The van der Waals surface area contributed by atoms with Gasteiger partial charge in [0.2, 0.25) is 5.95 Å². The Kier molecular flexibility index (Phi) is 5.24. The fraction of sp³-hybridized carbons (Fsp3) is 0.238. The van der Waals surface area contributed by atoms with Crippen molar-refractivity contribution in [2.75, 3.05) is 38.1 Å². The van der Waals surface area contributed by atoms with E-state index in [1.165, 1.54) is 0 Å². The van der Waals surface area contributed by atoms with Gasteiger partial charge in [-0.1, -0.05) is 0 Å². The van der Waals surface area contributed by atoms with E-state index in [4.69, 9.17) is 18.9 Å². The fourth-order valence-corrected chi connectivity index (χ4v) is 2.98. The van der Waals surface area contributed by atoms with E-state index in [1.54, 1.807) is 20.3 Å². The Morgan fingerprint density at radius 3 is 2.48 bits per heavy atom. The molecular weight excluding hydrogens is 372 g/mol. The zero-order valence-electron chi connectivity index (χ0n) is 16.5. The highest BCUT2D eigenvalue weighted by Gasteiger charge is 2.13. The van der Waals surface area contributed by atoms with Crippen LogP contribution >= 0.6 is 0 Å². The molecule has 0 saturated carbocycles. The van der Waals surface area contributed by atoms with Crippen LogP contribution < -0.4 is 29.6 Å². The van der Waals surface area contributed by atoms with Crippen LogP contribution in [0.25, 0.3) is 0 Å². The molecule has 29 heavy (non-hydrogen) atoms. The first-order chi connectivity index (χ1) is 14.1. The van der Waals surface area contributed by atoms with E-state index < -0.39 is 0 Å². The van der Waals surface area contributed by atoms with Gasteiger partial charge >= 0.3 is 0 Å². The number of methoxy groups -OCH3 is 2. The maximum atomic E-state index is 5.64. The Balaban J connectivity index is 1.57. The Morgan fingerprint density at radius 1 is 0.862 bits per heavy atom. The summed E-state index contributed by atoms with van der Waals surface area (Å²) in [5, 5.41) is 6.49. The van der Waals surface area contributed by atoms with Gasteiger partial charge in [-0.2, -0.15) is 4.98 Å². The third kappa shape index (κ3) is 4.26. The van der Waals surface area contributed by atoms with Crippen LogP contribution in [0.3, 0.4) is 0 Å². The van der Waals surface area contributed by atoms with E-state index in [1.807, 2.05) is 43.3 Å². The number of aromatic nitrogens is 2. The molecule has 0 saturated heterocycles. The highest BCUT2D eigenvalue weighted by molar-refractivity contribution is 5.67. The Hall–Kier alpha value is -3.68. The number of anilines is 4. The van der Waals surface area contributed by atoms with E-state index in [0.717, 1.165) is 22.8 Å². The van der Waals surface area contributed by atoms with Crippen molar-refractivity contribution in [1.29, 1.82) is 0 Å². The molecule has 1 aromatic heterocycles. The van der Waals surface area contributed by atoms with Crippen LogP contribution in [0.4, 0.5) is 23.1 Å². The van der Waals surface area contributed by atoms with Crippen LogP contribution in [0.2, 0.25) is 0 Å². The monoisotopic (exact) mass is 394 g/mol. The number of nitrogens with zero attached hydrogens (tertiary/aromatic N) is 2. The molecule has 4 rings (SSSR count). The van der Waals surface area contributed by atoms with Gasteiger partial charge in [-0.25, -0.2) is 4.98 Å². The summed E-state index contributed by atoms with van der Waals surface area (Å²) in [5.74, 6) is 3.91. The second-order valence-corrected chi connectivity index (χ2v) is 6.39. The summed E-state index contributed by atoms with van der Waals surface area (Å²) in [5.41, 5.74) is 2.40. The predicted octanol–water partition coefficient (Wildman–Crippen LogP) is 4.06. The summed E-state index contributed by atoms with van der Waals surface area (Å²) in [6.07, 6.45) is 0. The average molecular weight is 394 g/mol. The van der Waals surface area contributed by atoms with E-state index in [2.05, 4.69) is 20.6 Å². The molecule has 2 aromatic carbocycles. The number of rotatable bonds is 6. The van der Waals surface area contributed by atoms with Crippen molar-refractivity contribution >= 4 is 23.1 Å². The van der Waals surface area contributed by atoms with Crippen molar-refractivity contribution in [3.63, 3.8) is 0 Å². The van der Waals surface area contributed by atoms with Crippen LogP contribution in [0.1, 0.15) is 5.69 Å². The molecule has 0 radical (unpaired) electrons.